The number of hydrogen-bond acceptors (Lipinski definition) is 15. The molecule has 15 nitrogen and oxygen atoms in total. The molecular weight excluding hydrogens is 1060 g/mol. The molecule has 9 fully saturated rings. The van der Waals surface area contributed by atoms with Crippen LogP contribution in [0.4, 0.5) is 0 Å². The predicted octanol–water partition coefficient (Wildman–Crippen LogP) is 7.57. The first-order valence-electron chi connectivity index (χ1n) is 34.3. The number of fused-ring (bicyclic) bond motifs is 5. The fraction of sp³-hybridized carbons (Fsp3) is 0.870. The van der Waals surface area contributed by atoms with Gasteiger partial charge in [0.2, 0.25) is 0 Å². The van der Waals surface area contributed by atoms with Crippen LogP contribution in [0.2, 0.25) is 0 Å². The van der Waals surface area contributed by atoms with Crippen molar-refractivity contribution >= 4 is 5.78 Å². The molecule has 84 heavy (non-hydrogen) atoms. The maximum Gasteiger partial charge on any atom is 0.182 e. The molecule has 0 aromatic heterocycles. The highest BCUT2D eigenvalue weighted by atomic mass is 16.5. The minimum absolute atomic E-state index is 0.00528. The standard InChI is InChI=1S/C69H109N3O12/c1-4-10-42-16-20-48-54(22-17-42)84-62-57(48)51(75)13-8-30-69(62,82)63(3,79)55-25-32-68(81)58-59(71-39-41(2)74)60(78)49-35-52(76)53(77)38-65(49)36-44(47-21-23-56(70)72-50(47)12-9-33-73)24-31-66(80,61(58)65)40-67(55,68)45-18-14-43(15-19-45)26-34-83-46-11-7-29-64(37-46)27-5-6-28-64/h21,23-24,31,41-46,48-49,51-57,61-62,71-77,79-82H,4-20,22,25-30,32-40,70H2,1-3H3. The summed E-state index contributed by atoms with van der Waals surface area (Å²) >= 11 is 0. The van der Waals surface area contributed by atoms with Crippen molar-refractivity contribution in [3.05, 3.63) is 46.8 Å². The molecule has 21 atom stereocenters. The summed E-state index contributed by atoms with van der Waals surface area (Å²) in [4.78, 5) is 16.2. The molecule has 13 N–H and O–H groups in total. The van der Waals surface area contributed by atoms with Crippen LogP contribution >= 0.6 is 0 Å². The summed E-state index contributed by atoms with van der Waals surface area (Å²) in [5, 5.41) is 123. The predicted molar refractivity (Wildman–Crippen MR) is 320 cm³/mol. The van der Waals surface area contributed by atoms with E-state index in [1.54, 1.807) is 13.8 Å². The molecule has 0 amide bonds. The summed E-state index contributed by atoms with van der Waals surface area (Å²) in [7, 11) is 0. The highest BCUT2D eigenvalue weighted by Crippen LogP contribution is 2.77. The molecule has 1 saturated heterocycles. The van der Waals surface area contributed by atoms with E-state index in [0.717, 1.165) is 81.9 Å². The monoisotopic (exact) mass is 1170 g/mol. The molecule has 0 aromatic rings. The lowest BCUT2D eigenvalue weighted by Crippen LogP contribution is -2.74. The average molecular weight is 1170 g/mol. The minimum Gasteiger partial charge on any atom is -0.396 e. The first-order valence-corrected chi connectivity index (χ1v) is 34.3. The number of allylic oxidation sites excluding steroid dienone is 5. The lowest BCUT2D eigenvalue weighted by molar-refractivity contribution is -0.276. The van der Waals surface area contributed by atoms with E-state index in [9.17, 15) is 40.9 Å². The van der Waals surface area contributed by atoms with E-state index in [1.165, 1.54) is 38.5 Å². The maximum absolute atomic E-state index is 16.2. The summed E-state index contributed by atoms with van der Waals surface area (Å²) in [6.45, 7) is 6.28. The van der Waals surface area contributed by atoms with Gasteiger partial charge < -0.3 is 71.8 Å². The van der Waals surface area contributed by atoms with Crippen LogP contribution in [-0.4, -0.2) is 143 Å². The van der Waals surface area contributed by atoms with Crippen molar-refractivity contribution in [2.45, 2.75) is 285 Å². The Morgan fingerprint density at radius 1 is 0.857 bits per heavy atom. The Bertz CT molecular complexity index is 2500. The smallest absolute Gasteiger partial charge is 0.182 e. The van der Waals surface area contributed by atoms with Gasteiger partial charge in [0.05, 0.1) is 71.4 Å². The van der Waals surface area contributed by atoms with E-state index < -0.39 is 99.5 Å². The van der Waals surface area contributed by atoms with E-state index in [2.05, 4.69) is 17.6 Å². The third-order valence-electron chi connectivity index (χ3n) is 26.2. The number of nitrogens with two attached hydrogens (primary N) is 1. The fourth-order valence-electron chi connectivity index (χ4n) is 22.5. The van der Waals surface area contributed by atoms with E-state index >= 15 is 9.90 Å². The highest BCUT2D eigenvalue weighted by molar-refractivity contribution is 6.00. The SMILES string of the molecule is CCCC1CCC2OC3C(C(O)CCCC3(O)C(C)(O)C3CCC4(O)C5=C(NCC(C)O)C(=O)C6CC(O)C(O)CC67CC(C6=C(CCCO)NC(N)C=C6)C=CC(O)(CC34C3CCC(CCOC4CCCC6(CCCC6)C4)CC3)C57)C2CC1. The Morgan fingerprint density at radius 3 is 2.33 bits per heavy atom. The van der Waals surface area contributed by atoms with Gasteiger partial charge in [-0.1, -0.05) is 76.5 Å². The summed E-state index contributed by atoms with van der Waals surface area (Å²) in [5.74, 6) is -3.22. The lowest BCUT2D eigenvalue weighted by Gasteiger charge is -2.69. The molecular formula is C69H109N3O12. The first kappa shape index (κ1) is 62.0. The largest absolute Gasteiger partial charge is 0.396 e. The van der Waals surface area contributed by atoms with Crippen LogP contribution in [0.1, 0.15) is 213 Å². The van der Waals surface area contributed by atoms with Crippen molar-refractivity contribution in [2.75, 3.05) is 19.8 Å². The summed E-state index contributed by atoms with van der Waals surface area (Å²) in [6, 6.07) is 0. The van der Waals surface area contributed by atoms with Gasteiger partial charge in [0, 0.05) is 54.5 Å². The molecule has 0 bridgehead atoms. The molecule has 8 saturated carbocycles. The van der Waals surface area contributed by atoms with Crippen molar-refractivity contribution in [1.82, 2.24) is 10.6 Å². The van der Waals surface area contributed by atoms with Crippen LogP contribution in [0.5, 0.6) is 0 Å². The number of dihydropyridines is 1. The molecule has 2 spiro atoms. The number of carbonyl (C=O) groups excluding carboxylic acids is 1. The Morgan fingerprint density at radius 2 is 1.58 bits per heavy atom. The van der Waals surface area contributed by atoms with Gasteiger partial charge in [0.15, 0.2) is 5.78 Å². The molecule has 15 heteroatoms. The van der Waals surface area contributed by atoms with Gasteiger partial charge in [-0.3, -0.25) is 4.79 Å². The molecule has 10 aliphatic carbocycles. The van der Waals surface area contributed by atoms with Gasteiger partial charge in [-0.2, -0.15) is 0 Å². The minimum atomic E-state index is -1.96. The number of nitrogens with one attached hydrogen (secondary N) is 2. The number of rotatable bonds is 16. The van der Waals surface area contributed by atoms with Crippen molar-refractivity contribution in [3.63, 3.8) is 0 Å². The number of aliphatic hydroxyl groups is 9. The molecule has 472 valence electrons. The molecule has 2 aliphatic heterocycles. The highest BCUT2D eigenvalue weighted by Gasteiger charge is 2.80. The molecule has 12 aliphatic rings. The quantitative estimate of drug-likeness (QED) is 0.0665. The summed E-state index contributed by atoms with van der Waals surface area (Å²) in [6.07, 6.45) is 25.3. The normalized spacial score (nSPS) is 47.3. The van der Waals surface area contributed by atoms with E-state index in [0.29, 0.717) is 74.1 Å². The van der Waals surface area contributed by atoms with Crippen LogP contribution < -0.4 is 16.4 Å². The van der Waals surface area contributed by atoms with E-state index in [4.69, 9.17) is 15.2 Å². The van der Waals surface area contributed by atoms with E-state index in [-0.39, 0.29) is 87.5 Å². The van der Waals surface area contributed by atoms with Gasteiger partial charge >= 0.3 is 0 Å². The van der Waals surface area contributed by atoms with Crippen LogP contribution in [0.3, 0.4) is 0 Å². The zero-order valence-corrected chi connectivity index (χ0v) is 51.3. The van der Waals surface area contributed by atoms with Gasteiger partial charge in [-0.25, -0.2) is 0 Å². The maximum atomic E-state index is 16.2. The van der Waals surface area contributed by atoms with Crippen molar-refractivity contribution < 1.29 is 60.2 Å². The molecule has 0 aromatic carbocycles. The molecule has 12 rings (SSSR count). The van der Waals surface area contributed by atoms with Crippen LogP contribution in [0.25, 0.3) is 0 Å². The second-order valence-electron chi connectivity index (χ2n) is 30.8. The topological polar surface area (TPSA) is 268 Å². The van der Waals surface area contributed by atoms with Gasteiger partial charge in [-0.05, 0) is 213 Å². The Labute approximate surface area is 501 Å². The molecule has 0 radical (unpaired) electrons. The second kappa shape index (κ2) is 23.8. The average Bonchev–Trinajstić information content (AvgIpc) is 1.30. The third kappa shape index (κ3) is 10.3. The number of carbonyl (C=O) groups is 1. The number of ether oxygens (including phenoxy) is 2. The zero-order chi connectivity index (χ0) is 59.2. The van der Waals surface area contributed by atoms with Crippen molar-refractivity contribution in [1.29, 1.82) is 0 Å². The Hall–Kier alpha value is -2.25. The zero-order valence-electron chi connectivity index (χ0n) is 51.3. The summed E-state index contributed by atoms with van der Waals surface area (Å²) < 4.78 is 14.0. The number of aliphatic hydroxyl groups excluding tert-OH is 5. The molecule has 21 unspecified atom stereocenters. The lowest BCUT2D eigenvalue weighted by atomic mass is 9.37. The van der Waals surface area contributed by atoms with Crippen LogP contribution in [0, 0.1) is 69.5 Å². The first-order chi connectivity index (χ1) is 40.2. The molecule has 2 heterocycles. The number of hydrogen-bond donors (Lipinski definition) is 12. The van der Waals surface area contributed by atoms with Crippen molar-refractivity contribution in [2.24, 2.45) is 75.2 Å². The van der Waals surface area contributed by atoms with Gasteiger partial charge in [0.25, 0.3) is 0 Å². The van der Waals surface area contributed by atoms with E-state index in [1.807, 2.05) is 24.3 Å². The van der Waals surface area contributed by atoms with Crippen LogP contribution in [0.15, 0.2) is 46.8 Å². The van der Waals surface area contributed by atoms with Gasteiger partial charge in [0.1, 0.15) is 5.60 Å². The Kier molecular flexibility index (Phi) is 17.6. The summed E-state index contributed by atoms with van der Waals surface area (Å²) in [5.41, 5.74) is -0.887. The number of ketones is 1. The second-order valence-corrected chi connectivity index (χ2v) is 30.8. The van der Waals surface area contributed by atoms with Gasteiger partial charge in [-0.15, -0.1) is 0 Å². The fourth-order valence-corrected chi connectivity index (χ4v) is 22.5. The Balaban J connectivity index is 0.986. The van der Waals surface area contributed by atoms with Crippen LogP contribution in [-0.2, 0) is 14.3 Å². The number of Topliss-reactive ketones (excluding diaryl/α,β-unsaturated/α-hetero) is 1. The van der Waals surface area contributed by atoms with Crippen molar-refractivity contribution in [3.8, 4) is 0 Å². The third-order valence-corrected chi connectivity index (χ3v) is 26.2.